The van der Waals surface area contributed by atoms with Crippen molar-refractivity contribution in [2.45, 2.75) is 46.0 Å². The maximum absolute atomic E-state index is 9.83. The van der Waals surface area contributed by atoms with Crippen LogP contribution in [0.15, 0.2) is 24.3 Å². The quantitative estimate of drug-likeness (QED) is 0.495. The van der Waals surface area contributed by atoms with Crippen molar-refractivity contribution in [3.05, 3.63) is 24.3 Å². The van der Waals surface area contributed by atoms with E-state index >= 15 is 0 Å². The molecule has 0 fully saturated rings. The summed E-state index contributed by atoms with van der Waals surface area (Å²) >= 11 is 0. The van der Waals surface area contributed by atoms with Gasteiger partial charge in [-0.05, 0) is 19.3 Å². The topological polar surface area (TPSA) is 149 Å². The molecule has 0 rings (SSSR count). The molecule has 0 aliphatic rings. The van der Waals surface area contributed by atoms with Crippen LogP contribution in [-0.4, -0.2) is 44.3 Å². The van der Waals surface area contributed by atoms with Gasteiger partial charge in [-0.3, -0.25) is 9.59 Å². The van der Waals surface area contributed by atoms with E-state index in [-0.39, 0.29) is 30.4 Å². The van der Waals surface area contributed by atoms with Crippen molar-refractivity contribution in [1.82, 2.24) is 0 Å². The summed E-state index contributed by atoms with van der Waals surface area (Å²) in [5, 5.41) is 32.2. The van der Waals surface area contributed by atoms with Gasteiger partial charge in [0.2, 0.25) is 0 Å². The van der Waals surface area contributed by atoms with Crippen molar-refractivity contribution < 1.29 is 39.6 Å². The first kappa shape index (κ1) is 25.3. The summed E-state index contributed by atoms with van der Waals surface area (Å²) in [7, 11) is 0. The highest BCUT2D eigenvalue weighted by Gasteiger charge is 1.99. The van der Waals surface area contributed by atoms with E-state index in [1.54, 1.807) is 13.8 Å². The number of rotatable bonds is 8. The van der Waals surface area contributed by atoms with E-state index in [2.05, 4.69) is 13.2 Å². The fourth-order valence-corrected chi connectivity index (χ4v) is 0.693. The lowest BCUT2D eigenvalue weighted by molar-refractivity contribution is -0.139. The first-order chi connectivity index (χ1) is 10.5. The predicted octanol–water partition coefficient (Wildman–Crippen LogP) is 2.40. The minimum Gasteiger partial charge on any atom is -0.481 e. The number of hydrogen-bond acceptors (Lipinski definition) is 4. The monoisotopic (exact) mass is 332 g/mol. The number of carboxylic acid groups (broad SMARTS) is 4. The van der Waals surface area contributed by atoms with Crippen molar-refractivity contribution in [2.24, 2.45) is 0 Å². The Morgan fingerprint density at radius 1 is 0.696 bits per heavy atom. The normalized spacial score (nSPS) is 8.43. The van der Waals surface area contributed by atoms with Crippen LogP contribution in [0.4, 0.5) is 0 Å². The minimum absolute atomic E-state index is 0.0632. The fourth-order valence-electron chi connectivity index (χ4n) is 0.693. The Bertz CT molecular complexity index is 397. The smallest absolute Gasteiger partial charge is 0.330 e. The van der Waals surface area contributed by atoms with Gasteiger partial charge in [-0.2, -0.15) is 0 Å². The van der Waals surface area contributed by atoms with Gasteiger partial charge < -0.3 is 20.4 Å². The van der Waals surface area contributed by atoms with Crippen LogP contribution < -0.4 is 0 Å². The molecule has 0 spiro atoms. The molecule has 0 aliphatic carbocycles. The second-order valence-electron chi connectivity index (χ2n) is 4.17. The van der Waals surface area contributed by atoms with Gasteiger partial charge in [-0.15, -0.1) is 0 Å². The van der Waals surface area contributed by atoms with E-state index in [1.165, 1.54) is 0 Å². The standard InChI is InChI=1S/C5H8O4.2C5H8O2/c6-4(7)2-1-3-5(8)9;2*1-3-4(2)5(6)7/h1-3H2,(H,6,7)(H,8,9);2*2-3H2,1H3,(H,6,7). The lowest BCUT2D eigenvalue weighted by atomic mass is 10.2. The third kappa shape index (κ3) is 24.7. The largest absolute Gasteiger partial charge is 0.481 e. The molecule has 0 aliphatic heterocycles. The second-order valence-corrected chi connectivity index (χ2v) is 4.17. The average Bonchev–Trinajstić information content (AvgIpc) is 2.45. The molecule has 0 heterocycles. The van der Waals surface area contributed by atoms with Gasteiger partial charge in [0.15, 0.2) is 0 Å². The first-order valence-electron chi connectivity index (χ1n) is 6.75. The summed E-state index contributed by atoms with van der Waals surface area (Å²) in [6, 6.07) is 0. The third-order valence-electron chi connectivity index (χ3n) is 2.24. The molecule has 0 aromatic heterocycles. The summed E-state index contributed by atoms with van der Waals surface area (Å²) in [5.41, 5.74) is 0.528. The molecule has 23 heavy (non-hydrogen) atoms. The molecule has 132 valence electrons. The van der Waals surface area contributed by atoms with Crippen LogP contribution in [0.1, 0.15) is 46.0 Å². The molecule has 0 aromatic carbocycles. The van der Waals surface area contributed by atoms with Crippen molar-refractivity contribution in [2.75, 3.05) is 0 Å². The maximum atomic E-state index is 9.83. The molecule has 4 N–H and O–H groups in total. The highest BCUT2D eigenvalue weighted by atomic mass is 16.4. The van der Waals surface area contributed by atoms with E-state index in [0.29, 0.717) is 12.8 Å². The summed E-state index contributed by atoms with van der Waals surface area (Å²) in [5.74, 6) is -3.70. The lowest BCUT2D eigenvalue weighted by Gasteiger charge is -1.89. The second kappa shape index (κ2) is 15.7. The van der Waals surface area contributed by atoms with Crippen molar-refractivity contribution in [1.29, 1.82) is 0 Å². The van der Waals surface area contributed by atoms with Crippen molar-refractivity contribution >= 4 is 23.9 Å². The van der Waals surface area contributed by atoms with Crippen molar-refractivity contribution in [3.63, 3.8) is 0 Å². The van der Waals surface area contributed by atoms with Gasteiger partial charge >= 0.3 is 23.9 Å². The SMILES string of the molecule is C=C(CC)C(=O)O.C=C(CC)C(=O)O.O=C(O)CCCC(=O)O. The molecule has 0 saturated heterocycles. The van der Waals surface area contributed by atoms with Crippen LogP contribution in [0, 0.1) is 0 Å². The van der Waals surface area contributed by atoms with E-state index in [1.807, 2.05) is 0 Å². The van der Waals surface area contributed by atoms with Crippen LogP contribution in [0.25, 0.3) is 0 Å². The number of carbonyl (C=O) groups is 4. The maximum Gasteiger partial charge on any atom is 0.330 e. The van der Waals surface area contributed by atoms with E-state index in [9.17, 15) is 19.2 Å². The zero-order valence-electron chi connectivity index (χ0n) is 13.4. The summed E-state index contributed by atoms with van der Waals surface area (Å²) in [6.45, 7) is 10.1. The molecular formula is C15H24O8. The first-order valence-corrected chi connectivity index (χ1v) is 6.75. The Morgan fingerprint density at radius 3 is 1.04 bits per heavy atom. The fraction of sp³-hybridized carbons (Fsp3) is 0.467. The molecule has 0 amide bonds. The zero-order chi connectivity index (χ0) is 19.0. The molecule has 8 heteroatoms. The van der Waals surface area contributed by atoms with Crippen LogP contribution >= 0.6 is 0 Å². The van der Waals surface area contributed by atoms with Crippen LogP contribution in [0.3, 0.4) is 0 Å². The molecular weight excluding hydrogens is 308 g/mol. The van der Waals surface area contributed by atoms with Crippen molar-refractivity contribution in [3.8, 4) is 0 Å². The molecule has 0 aromatic rings. The Labute approximate surface area is 134 Å². The Balaban J connectivity index is -0.000000264. The lowest BCUT2D eigenvalue weighted by Crippen LogP contribution is -1.98. The molecule has 8 nitrogen and oxygen atoms in total. The highest BCUT2D eigenvalue weighted by Crippen LogP contribution is 1.94. The molecule has 0 saturated carbocycles. The highest BCUT2D eigenvalue weighted by molar-refractivity contribution is 5.85. The van der Waals surface area contributed by atoms with E-state index < -0.39 is 23.9 Å². The molecule has 0 unspecified atom stereocenters. The number of hydrogen-bond donors (Lipinski definition) is 4. The summed E-state index contributed by atoms with van der Waals surface area (Å²) < 4.78 is 0. The van der Waals surface area contributed by atoms with Gasteiger partial charge in [-0.25, -0.2) is 9.59 Å². The van der Waals surface area contributed by atoms with Gasteiger partial charge in [0.05, 0.1) is 0 Å². The van der Waals surface area contributed by atoms with Gasteiger partial charge in [-0.1, -0.05) is 27.0 Å². The Morgan fingerprint density at radius 2 is 0.957 bits per heavy atom. The Kier molecular flexibility index (Phi) is 17.3. The van der Waals surface area contributed by atoms with E-state index in [0.717, 1.165) is 0 Å². The van der Waals surface area contributed by atoms with Gasteiger partial charge in [0.1, 0.15) is 0 Å². The third-order valence-corrected chi connectivity index (χ3v) is 2.24. The molecule has 0 bridgehead atoms. The minimum atomic E-state index is -0.948. The van der Waals surface area contributed by atoms with E-state index in [4.69, 9.17) is 20.4 Å². The van der Waals surface area contributed by atoms with Crippen LogP contribution in [-0.2, 0) is 19.2 Å². The zero-order valence-corrected chi connectivity index (χ0v) is 13.4. The average molecular weight is 332 g/mol. The molecule has 0 radical (unpaired) electrons. The number of aliphatic carboxylic acids is 4. The van der Waals surface area contributed by atoms with Crippen LogP contribution in [0.5, 0.6) is 0 Å². The summed E-state index contributed by atoms with van der Waals surface area (Å²) in [6.07, 6.45) is 1.13. The number of carboxylic acids is 4. The van der Waals surface area contributed by atoms with Gasteiger partial charge in [0, 0.05) is 24.0 Å². The predicted molar refractivity (Wildman–Crippen MR) is 83.3 cm³/mol. The van der Waals surface area contributed by atoms with Crippen LogP contribution in [0.2, 0.25) is 0 Å². The Hall–Kier alpha value is -2.64. The summed E-state index contributed by atoms with van der Waals surface area (Å²) in [4.78, 5) is 39.2. The van der Waals surface area contributed by atoms with Gasteiger partial charge in [0.25, 0.3) is 0 Å². The molecule has 0 atom stereocenters.